The molecule has 0 atom stereocenters. The van der Waals surface area contributed by atoms with Gasteiger partial charge in [-0.25, -0.2) is 4.79 Å². The van der Waals surface area contributed by atoms with Crippen LogP contribution in [0.1, 0.15) is 31.2 Å². The van der Waals surface area contributed by atoms with Crippen molar-refractivity contribution in [1.82, 2.24) is 20.5 Å². The lowest BCUT2D eigenvalue weighted by molar-refractivity contribution is -0.139. The lowest BCUT2D eigenvalue weighted by atomic mass is 9.85. The molecule has 1 aromatic heterocycles. The maximum absolute atomic E-state index is 11.9. The number of carbonyl (C=O) groups is 2. The first-order valence-corrected chi connectivity index (χ1v) is 8.40. The number of carbonyl (C=O) groups excluding carboxylic acids is 1. The third kappa shape index (κ3) is 5.49. The van der Waals surface area contributed by atoms with Crippen molar-refractivity contribution in [3.63, 3.8) is 0 Å². The monoisotopic (exact) mass is 334 g/mol. The van der Waals surface area contributed by atoms with Crippen molar-refractivity contribution < 1.29 is 14.7 Å². The van der Waals surface area contributed by atoms with E-state index in [1.807, 2.05) is 36.9 Å². The summed E-state index contributed by atoms with van der Waals surface area (Å²) in [4.78, 5) is 29.0. The van der Waals surface area contributed by atoms with Crippen molar-refractivity contribution in [2.24, 2.45) is 0 Å². The van der Waals surface area contributed by atoms with Crippen molar-refractivity contribution in [3.8, 4) is 0 Å². The molecule has 1 fully saturated rings. The Hall–Kier alpha value is -2.15. The zero-order valence-electron chi connectivity index (χ0n) is 14.3. The van der Waals surface area contributed by atoms with Gasteiger partial charge in [-0.05, 0) is 38.4 Å². The summed E-state index contributed by atoms with van der Waals surface area (Å²) in [5, 5.41) is 14.7. The Morgan fingerprint density at radius 3 is 2.75 bits per heavy atom. The van der Waals surface area contributed by atoms with Gasteiger partial charge >= 0.3 is 12.0 Å². The number of carboxylic acid groups (broad SMARTS) is 1. The minimum atomic E-state index is -0.809. The van der Waals surface area contributed by atoms with Crippen LogP contribution in [0.15, 0.2) is 18.2 Å². The van der Waals surface area contributed by atoms with Crippen LogP contribution in [0.3, 0.4) is 0 Å². The minimum Gasteiger partial charge on any atom is -0.480 e. The Kier molecular flexibility index (Phi) is 6.54. The number of hydrogen-bond donors (Lipinski definition) is 3. The molecule has 1 aromatic rings. The number of likely N-dealkylation sites (N-methyl/N-ethyl adjacent to an activating group) is 1. The van der Waals surface area contributed by atoms with Crippen molar-refractivity contribution in [3.05, 3.63) is 29.6 Å². The molecule has 0 aliphatic heterocycles. The maximum Gasteiger partial charge on any atom is 0.317 e. The molecule has 1 aliphatic rings. The van der Waals surface area contributed by atoms with E-state index < -0.39 is 5.97 Å². The standard InChI is InChI=1S/C17H26N4O3/c1-3-21(11-16(22)23)15-9-14(10-15)20-17(24)18-8-7-13-6-4-5-12(2)19-13/h4-6,14-15H,3,7-11H2,1-2H3,(H,22,23)(H2,18,20,24). The first-order valence-electron chi connectivity index (χ1n) is 8.40. The number of amides is 2. The summed E-state index contributed by atoms with van der Waals surface area (Å²) < 4.78 is 0. The maximum atomic E-state index is 11.9. The van der Waals surface area contributed by atoms with Gasteiger partial charge in [0.25, 0.3) is 0 Å². The van der Waals surface area contributed by atoms with Gasteiger partial charge in [0.2, 0.25) is 0 Å². The van der Waals surface area contributed by atoms with E-state index in [2.05, 4.69) is 15.6 Å². The predicted octanol–water partition coefficient (Wildman–Crippen LogP) is 1.17. The first kappa shape index (κ1) is 18.2. The zero-order valence-corrected chi connectivity index (χ0v) is 14.3. The third-order valence-electron chi connectivity index (χ3n) is 4.32. The van der Waals surface area contributed by atoms with Gasteiger partial charge in [0.15, 0.2) is 0 Å². The normalized spacial score (nSPS) is 19.6. The molecular weight excluding hydrogens is 308 g/mol. The molecule has 2 amide bonds. The van der Waals surface area contributed by atoms with E-state index in [9.17, 15) is 9.59 Å². The number of aromatic nitrogens is 1. The Morgan fingerprint density at radius 2 is 2.12 bits per heavy atom. The molecule has 0 unspecified atom stereocenters. The summed E-state index contributed by atoms with van der Waals surface area (Å²) in [6.45, 7) is 5.21. The smallest absolute Gasteiger partial charge is 0.317 e. The molecule has 1 saturated carbocycles. The highest BCUT2D eigenvalue weighted by atomic mass is 16.4. The molecule has 7 heteroatoms. The van der Waals surface area contributed by atoms with Crippen LogP contribution in [0.4, 0.5) is 4.79 Å². The van der Waals surface area contributed by atoms with E-state index in [1.165, 1.54) is 0 Å². The quantitative estimate of drug-likeness (QED) is 0.663. The van der Waals surface area contributed by atoms with Crippen LogP contribution in [-0.2, 0) is 11.2 Å². The van der Waals surface area contributed by atoms with Gasteiger partial charge in [-0.15, -0.1) is 0 Å². The van der Waals surface area contributed by atoms with Gasteiger partial charge in [-0.1, -0.05) is 13.0 Å². The van der Waals surface area contributed by atoms with E-state index in [0.717, 1.165) is 24.2 Å². The second-order valence-electron chi connectivity index (χ2n) is 6.20. The summed E-state index contributed by atoms with van der Waals surface area (Å²) in [6, 6.07) is 6.05. The van der Waals surface area contributed by atoms with Crippen LogP contribution in [0, 0.1) is 6.92 Å². The molecule has 0 saturated heterocycles. The average molecular weight is 334 g/mol. The third-order valence-corrected chi connectivity index (χ3v) is 4.32. The number of aliphatic carboxylic acids is 1. The SMILES string of the molecule is CCN(CC(=O)O)C1CC(NC(=O)NCCc2cccc(C)n2)C1. The lowest BCUT2D eigenvalue weighted by Crippen LogP contribution is -2.56. The molecule has 0 bridgehead atoms. The molecule has 1 heterocycles. The van der Waals surface area contributed by atoms with Crippen LogP contribution in [-0.4, -0.2) is 58.7 Å². The zero-order chi connectivity index (χ0) is 17.5. The van der Waals surface area contributed by atoms with Crippen LogP contribution >= 0.6 is 0 Å². The number of rotatable bonds is 8. The van der Waals surface area contributed by atoms with Gasteiger partial charge in [-0.3, -0.25) is 14.7 Å². The first-order chi connectivity index (χ1) is 11.5. The van der Waals surface area contributed by atoms with Gasteiger partial charge in [0.1, 0.15) is 0 Å². The molecule has 0 spiro atoms. The largest absolute Gasteiger partial charge is 0.480 e. The molecule has 1 aliphatic carbocycles. The number of nitrogens with zero attached hydrogens (tertiary/aromatic N) is 2. The number of urea groups is 1. The van der Waals surface area contributed by atoms with Crippen molar-refractivity contribution in [2.45, 2.75) is 45.2 Å². The lowest BCUT2D eigenvalue weighted by Gasteiger charge is -2.42. The number of nitrogens with one attached hydrogen (secondary N) is 2. The van der Waals surface area contributed by atoms with Gasteiger partial charge in [-0.2, -0.15) is 0 Å². The van der Waals surface area contributed by atoms with Crippen LogP contribution in [0.25, 0.3) is 0 Å². The van der Waals surface area contributed by atoms with Crippen molar-refractivity contribution >= 4 is 12.0 Å². The highest BCUT2D eigenvalue weighted by Crippen LogP contribution is 2.25. The molecule has 24 heavy (non-hydrogen) atoms. The van der Waals surface area contributed by atoms with Gasteiger partial charge < -0.3 is 15.7 Å². The summed E-state index contributed by atoms with van der Waals surface area (Å²) in [7, 11) is 0. The summed E-state index contributed by atoms with van der Waals surface area (Å²) in [6.07, 6.45) is 2.30. The Labute approximate surface area is 142 Å². The van der Waals surface area contributed by atoms with Gasteiger partial charge in [0, 0.05) is 36.4 Å². The molecule has 2 rings (SSSR count). The van der Waals surface area contributed by atoms with Crippen LogP contribution in [0.2, 0.25) is 0 Å². The van der Waals surface area contributed by atoms with Crippen LogP contribution in [0.5, 0.6) is 0 Å². The van der Waals surface area contributed by atoms with Crippen molar-refractivity contribution in [1.29, 1.82) is 0 Å². The van der Waals surface area contributed by atoms with E-state index >= 15 is 0 Å². The fourth-order valence-corrected chi connectivity index (χ4v) is 2.96. The second kappa shape index (κ2) is 8.63. The number of carboxylic acids is 1. The molecule has 0 radical (unpaired) electrons. The predicted molar refractivity (Wildman–Crippen MR) is 90.9 cm³/mol. The Morgan fingerprint density at radius 1 is 1.38 bits per heavy atom. The number of pyridine rings is 1. The summed E-state index contributed by atoms with van der Waals surface area (Å²) in [5.41, 5.74) is 1.94. The van der Waals surface area contributed by atoms with Crippen LogP contribution < -0.4 is 10.6 Å². The second-order valence-corrected chi connectivity index (χ2v) is 6.20. The van der Waals surface area contributed by atoms with Gasteiger partial charge in [0.05, 0.1) is 6.54 Å². The number of hydrogen-bond acceptors (Lipinski definition) is 4. The van der Waals surface area contributed by atoms with E-state index in [4.69, 9.17) is 5.11 Å². The Bertz CT molecular complexity index is 573. The molecule has 132 valence electrons. The number of aryl methyl sites for hydroxylation is 1. The highest BCUT2D eigenvalue weighted by molar-refractivity contribution is 5.74. The van der Waals surface area contributed by atoms with E-state index in [1.54, 1.807) is 0 Å². The molecule has 0 aromatic carbocycles. The highest BCUT2D eigenvalue weighted by Gasteiger charge is 2.34. The molecular formula is C17H26N4O3. The summed E-state index contributed by atoms with van der Waals surface area (Å²) in [5.74, 6) is -0.809. The van der Waals surface area contributed by atoms with E-state index in [-0.39, 0.29) is 24.7 Å². The summed E-state index contributed by atoms with van der Waals surface area (Å²) >= 11 is 0. The minimum absolute atomic E-state index is 0.0591. The molecule has 3 N–H and O–H groups in total. The van der Waals surface area contributed by atoms with E-state index in [0.29, 0.717) is 19.5 Å². The average Bonchev–Trinajstić information content (AvgIpc) is 2.48. The molecule has 7 nitrogen and oxygen atoms in total. The topological polar surface area (TPSA) is 94.6 Å². The van der Waals surface area contributed by atoms with Crippen molar-refractivity contribution in [2.75, 3.05) is 19.6 Å². The fraction of sp³-hybridized carbons (Fsp3) is 0.588. The fourth-order valence-electron chi connectivity index (χ4n) is 2.96. The Balaban J connectivity index is 1.63.